The first kappa shape index (κ1) is 26.0. The Balaban J connectivity index is 0.000000191. The Bertz CT molecular complexity index is 1100. The lowest BCUT2D eigenvalue weighted by Gasteiger charge is -2.29. The first-order valence-corrected chi connectivity index (χ1v) is 12.2. The van der Waals surface area contributed by atoms with Crippen LogP contribution in [-0.2, 0) is 16.0 Å². The molecule has 0 spiro atoms. The van der Waals surface area contributed by atoms with Crippen LogP contribution in [0.3, 0.4) is 0 Å². The monoisotopic (exact) mass is 594 g/mol. The minimum atomic E-state index is -0.128. The number of nitriles is 2. The predicted octanol–water partition coefficient (Wildman–Crippen LogP) is 2.55. The molecule has 0 aliphatic carbocycles. The van der Waals surface area contributed by atoms with Gasteiger partial charge in [-0.05, 0) is 44.0 Å². The van der Waals surface area contributed by atoms with E-state index < -0.39 is 0 Å². The maximum Gasteiger partial charge on any atom is 0.275 e. The second-order valence-corrected chi connectivity index (χ2v) is 9.09. The van der Waals surface area contributed by atoms with E-state index in [1.165, 1.54) is 4.57 Å². The minimum absolute atomic E-state index is 0.00592. The van der Waals surface area contributed by atoms with Gasteiger partial charge in [-0.3, -0.25) is 9.36 Å². The fourth-order valence-corrected chi connectivity index (χ4v) is 4.25. The first-order valence-electron chi connectivity index (χ1n) is 10.6. The fourth-order valence-electron chi connectivity index (χ4n) is 3.47. The number of rotatable bonds is 5. The molecule has 0 saturated carbocycles. The SMILES string of the molecule is N#CCOc1ncc(Br)cc1N1CCOCC1.N#CCn1cc(Br)cc(N2CCOCC2)c1=O. The van der Waals surface area contributed by atoms with E-state index >= 15 is 0 Å². The van der Waals surface area contributed by atoms with Crippen LogP contribution in [-0.4, -0.2) is 68.8 Å². The Hall–Kier alpha value is -2.64. The Morgan fingerprint density at radius 2 is 1.53 bits per heavy atom. The number of anilines is 2. The third-order valence-electron chi connectivity index (χ3n) is 5.05. The lowest BCUT2D eigenvalue weighted by atomic mass is 10.3. The number of hydrogen-bond donors (Lipinski definition) is 0. The average Bonchev–Trinajstić information content (AvgIpc) is 2.87. The summed E-state index contributed by atoms with van der Waals surface area (Å²) in [6.07, 6.45) is 3.30. The highest BCUT2D eigenvalue weighted by molar-refractivity contribution is 9.10. The van der Waals surface area contributed by atoms with Crippen LogP contribution in [0.15, 0.2) is 38.3 Å². The molecule has 10 nitrogen and oxygen atoms in total. The summed E-state index contributed by atoms with van der Waals surface area (Å²) >= 11 is 6.75. The normalized spacial score (nSPS) is 15.5. The molecule has 4 heterocycles. The summed E-state index contributed by atoms with van der Waals surface area (Å²) in [6.45, 7) is 5.75. The van der Waals surface area contributed by atoms with Crippen molar-refractivity contribution in [3.63, 3.8) is 0 Å². The van der Waals surface area contributed by atoms with E-state index in [0.29, 0.717) is 51.1 Å². The second-order valence-electron chi connectivity index (χ2n) is 7.26. The van der Waals surface area contributed by atoms with Gasteiger partial charge in [-0.1, -0.05) is 0 Å². The van der Waals surface area contributed by atoms with Crippen molar-refractivity contribution in [1.29, 1.82) is 10.5 Å². The zero-order valence-electron chi connectivity index (χ0n) is 18.5. The van der Waals surface area contributed by atoms with Crippen LogP contribution >= 0.6 is 31.9 Å². The topological polar surface area (TPSA) is 117 Å². The van der Waals surface area contributed by atoms with Crippen molar-refractivity contribution in [2.75, 3.05) is 69.0 Å². The molecule has 2 fully saturated rings. The molecule has 2 aliphatic rings. The number of nitrogens with zero attached hydrogens (tertiary/aromatic N) is 6. The minimum Gasteiger partial charge on any atom is -0.461 e. The molecule has 0 N–H and O–H groups in total. The molecule has 0 bridgehead atoms. The molecule has 0 aromatic carbocycles. The van der Waals surface area contributed by atoms with Gasteiger partial charge in [-0.25, -0.2) is 4.98 Å². The number of hydrogen-bond acceptors (Lipinski definition) is 9. The van der Waals surface area contributed by atoms with Crippen LogP contribution in [0.2, 0.25) is 0 Å². The van der Waals surface area contributed by atoms with E-state index in [0.717, 1.165) is 27.7 Å². The highest BCUT2D eigenvalue weighted by Crippen LogP contribution is 2.29. The fraction of sp³-hybridized carbons (Fsp3) is 0.455. The highest BCUT2D eigenvalue weighted by Gasteiger charge is 2.18. The van der Waals surface area contributed by atoms with Crippen LogP contribution in [0.25, 0.3) is 0 Å². The van der Waals surface area contributed by atoms with Crippen molar-refractivity contribution in [2.45, 2.75) is 6.54 Å². The summed E-state index contributed by atoms with van der Waals surface area (Å²) in [5.41, 5.74) is 1.40. The van der Waals surface area contributed by atoms with Crippen molar-refractivity contribution >= 4 is 43.2 Å². The molecule has 2 saturated heterocycles. The van der Waals surface area contributed by atoms with Gasteiger partial charge in [0.2, 0.25) is 5.88 Å². The van der Waals surface area contributed by atoms with Gasteiger partial charge >= 0.3 is 0 Å². The Morgan fingerprint density at radius 1 is 0.941 bits per heavy atom. The Labute approximate surface area is 214 Å². The predicted molar refractivity (Wildman–Crippen MR) is 133 cm³/mol. The summed E-state index contributed by atoms with van der Waals surface area (Å²) in [5, 5.41) is 17.2. The molecule has 180 valence electrons. The zero-order chi connectivity index (χ0) is 24.3. The summed E-state index contributed by atoms with van der Waals surface area (Å²) in [6, 6.07) is 7.67. The molecule has 2 aromatic heterocycles. The number of ether oxygens (including phenoxy) is 3. The molecule has 2 aliphatic heterocycles. The number of halogens is 2. The zero-order valence-corrected chi connectivity index (χ0v) is 21.6. The lowest BCUT2D eigenvalue weighted by molar-refractivity contribution is 0.122. The largest absolute Gasteiger partial charge is 0.461 e. The van der Waals surface area contributed by atoms with E-state index in [2.05, 4.69) is 41.7 Å². The third kappa shape index (κ3) is 7.18. The van der Waals surface area contributed by atoms with Gasteiger partial charge in [0.1, 0.15) is 24.0 Å². The summed E-state index contributed by atoms with van der Waals surface area (Å²) in [7, 11) is 0. The Morgan fingerprint density at radius 3 is 2.12 bits per heavy atom. The smallest absolute Gasteiger partial charge is 0.275 e. The number of aromatic nitrogens is 2. The first-order chi connectivity index (χ1) is 16.5. The third-order valence-corrected chi connectivity index (χ3v) is 5.92. The van der Waals surface area contributed by atoms with Crippen LogP contribution < -0.4 is 20.1 Å². The number of morpholine rings is 2. The van der Waals surface area contributed by atoms with Crippen LogP contribution in [0, 0.1) is 22.7 Å². The van der Waals surface area contributed by atoms with Crippen LogP contribution in [0.4, 0.5) is 11.4 Å². The van der Waals surface area contributed by atoms with E-state index in [1.54, 1.807) is 18.5 Å². The highest BCUT2D eigenvalue weighted by atomic mass is 79.9. The van der Waals surface area contributed by atoms with Gasteiger partial charge in [0, 0.05) is 47.5 Å². The lowest BCUT2D eigenvalue weighted by Crippen LogP contribution is -2.40. The molecular formula is C22H24Br2N6O4. The quantitative estimate of drug-likeness (QED) is 0.514. The second kappa shape index (κ2) is 13.3. The molecule has 12 heteroatoms. The summed E-state index contributed by atoms with van der Waals surface area (Å²) in [4.78, 5) is 20.4. The van der Waals surface area contributed by atoms with Crippen molar-refractivity contribution < 1.29 is 14.2 Å². The summed E-state index contributed by atoms with van der Waals surface area (Å²) < 4.78 is 19.0. The molecule has 0 radical (unpaired) electrons. The van der Waals surface area contributed by atoms with Gasteiger partial charge in [0.25, 0.3) is 5.56 Å². The van der Waals surface area contributed by atoms with Gasteiger partial charge in [-0.15, -0.1) is 0 Å². The molecule has 0 atom stereocenters. The molecule has 4 rings (SSSR count). The maximum absolute atomic E-state index is 12.1. The van der Waals surface area contributed by atoms with Gasteiger partial charge < -0.3 is 24.0 Å². The molecule has 34 heavy (non-hydrogen) atoms. The van der Waals surface area contributed by atoms with Crippen molar-refractivity contribution in [1.82, 2.24) is 9.55 Å². The van der Waals surface area contributed by atoms with E-state index in [4.69, 9.17) is 24.7 Å². The van der Waals surface area contributed by atoms with Crippen molar-refractivity contribution in [2.24, 2.45) is 0 Å². The van der Waals surface area contributed by atoms with Gasteiger partial charge in [-0.2, -0.15) is 10.5 Å². The maximum atomic E-state index is 12.1. The van der Waals surface area contributed by atoms with Crippen molar-refractivity contribution in [3.8, 4) is 18.0 Å². The van der Waals surface area contributed by atoms with Crippen molar-refractivity contribution in [3.05, 3.63) is 43.8 Å². The molecule has 0 amide bonds. The average molecular weight is 596 g/mol. The summed E-state index contributed by atoms with van der Waals surface area (Å²) in [5.74, 6) is 0.497. The van der Waals surface area contributed by atoms with Gasteiger partial charge in [0.15, 0.2) is 6.61 Å². The number of pyridine rings is 2. The molecular weight excluding hydrogens is 572 g/mol. The van der Waals surface area contributed by atoms with Crippen LogP contribution in [0.5, 0.6) is 5.88 Å². The van der Waals surface area contributed by atoms with E-state index in [-0.39, 0.29) is 18.7 Å². The van der Waals surface area contributed by atoms with E-state index in [9.17, 15) is 4.79 Å². The van der Waals surface area contributed by atoms with E-state index in [1.807, 2.05) is 23.1 Å². The standard InChI is InChI=1S/2C11H12BrN3O2/c12-9-7-10(15-2-5-16-6-3-15)11(14-8-9)17-4-1-13;12-9-7-10(14-3-5-17-6-4-14)11(16)15(8-9)2-1-13/h2*7-8H,2-6H2. The van der Waals surface area contributed by atoms with Crippen LogP contribution in [0.1, 0.15) is 0 Å². The molecule has 2 aromatic rings. The molecule has 0 unspecified atom stereocenters. The van der Waals surface area contributed by atoms with Gasteiger partial charge in [0.05, 0.1) is 32.5 Å². The Kier molecular flexibility index (Phi) is 10.2.